The Balaban J connectivity index is 1.91. The van der Waals surface area contributed by atoms with Gasteiger partial charge < -0.3 is 15.2 Å². The highest BCUT2D eigenvalue weighted by Crippen LogP contribution is 2.16. The Bertz CT molecular complexity index is 477. The number of nitrogen functional groups attached to an aromatic ring is 1. The van der Waals surface area contributed by atoms with Gasteiger partial charge in [-0.15, -0.1) is 0 Å². The van der Waals surface area contributed by atoms with Crippen molar-refractivity contribution in [3.05, 3.63) is 54.1 Å². The summed E-state index contributed by atoms with van der Waals surface area (Å²) in [6.07, 6.45) is 0. The topological polar surface area (TPSA) is 44.5 Å². The van der Waals surface area contributed by atoms with E-state index >= 15 is 0 Å². The van der Waals surface area contributed by atoms with Crippen LogP contribution in [0.1, 0.15) is 12.5 Å². The first-order valence-corrected chi connectivity index (χ1v) is 5.98. The fraction of sp³-hybridized carbons (Fsp3) is 0.200. The van der Waals surface area contributed by atoms with E-state index < -0.39 is 0 Å². The van der Waals surface area contributed by atoms with Crippen LogP contribution >= 0.6 is 0 Å². The van der Waals surface area contributed by atoms with E-state index in [0.29, 0.717) is 13.2 Å². The summed E-state index contributed by atoms with van der Waals surface area (Å²) >= 11 is 0. The van der Waals surface area contributed by atoms with Crippen LogP contribution in [-0.2, 0) is 6.61 Å². The molecule has 0 aliphatic rings. The van der Waals surface area contributed by atoms with Crippen molar-refractivity contribution in [3.8, 4) is 11.5 Å². The summed E-state index contributed by atoms with van der Waals surface area (Å²) in [5.41, 5.74) is 7.46. The van der Waals surface area contributed by atoms with E-state index in [1.165, 1.54) is 0 Å². The molecular weight excluding hydrogens is 226 g/mol. The molecule has 0 fully saturated rings. The molecule has 0 aliphatic heterocycles. The van der Waals surface area contributed by atoms with Crippen molar-refractivity contribution in [1.29, 1.82) is 0 Å². The van der Waals surface area contributed by atoms with E-state index in [0.717, 1.165) is 22.7 Å². The number of hydrogen-bond donors (Lipinski definition) is 1. The number of nitrogens with two attached hydrogens (primary N) is 1. The molecule has 0 radical (unpaired) electrons. The predicted octanol–water partition coefficient (Wildman–Crippen LogP) is 3.25. The Kier molecular flexibility index (Phi) is 4.07. The lowest BCUT2D eigenvalue weighted by Crippen LogP contribution is -1.96. The van der Waals surface area contributed by atoms with Gasteiger partial charge in [-0.2, -0.15) is 0 Å². The van der Waals surface area contributed by atoms with Crippen molar-refractivity contribution in [1.82, 2.24) is 0 Å². The largest absolute Gasteiger partial charge is 0.494 e. The fourth-order valence-electron chi connectivity index (χ4n) is 1.58. The van der Waals surface area contributed by atoms with Gasteiger partial charge in [0.1, 0.15) is 18.1 Å². The molecule has 2 N–H and O–H groups in total. The maximum atomic E-state index is 5.65. The molecule has 0 aliphatic carbocycles. The SMILES string of the molecule is CCOc1ccc(COc2ccc(N)cc2)cc1. The zero-order chi connectivity index (χ0) is 12.8. The summed E-state index contributed by atoms with van der Waals surface area (Å²) in [5, 5.41) is 0. The third-order valence-electron chi connectivity index (χ3n) is 2.52. The number of rotatable bonds is 5. The molecule has 0 spiro atoms. The molecule has 18 heavy (non-hydrogen) atoms. The molecule has 0 bridgehead atoms. The van der Waals surface area contributed by atoms with E-state index in [2.05, 4.69) is 0 Å². The molecule has 0 saturated heterocycles. The molecule has 0 unspecified atom stereocenters. The molecule has 3 nitrogen and oxygen atoms in total. The van der Waals surface area contributed by atoms with Crippen LogP contribution in [0.5, 0.6) is 11.5 Å². The fourth-order valence-corrected chi connectivity index (χ4v) is 1.58. The zero-order valence-electron chi connectivity index (χ0n) is 10.4. The number of anilines is 1. The molecule has 2 rings (SSSR count). The first kappa shape index (κ1) is 12.3. The highest BCUT2D eigenvalue weighted by Gasteiger charge is 1.97. The highest BCUT2D eigenvalue weighted by atomic mass is 16.5. The van der Waals surface area contributed by atoms with E-state index in [1.807, 2.05) is 55.5 Å². The second-order valence-electron chi connectivity index (χ2n) is 3.93. The molecule has 3 heteroatoms. The van der Waals surface area contributed by atoms with Gasteiger partial charge in [0.25, 0.3) is 0 Å². The summed E-state index contributed by atoms with van der Waals surface area (Å²) in [4.78, 5) is 0. The van der Waals surface area contributed by atoms with Crippen LogP contribution in [-0.4, -0.2) is 6.61 Å². The maximum absolute atomic E-state index is 5.65. The van der Waals surface area contributed by atoms with Gasteiger partial charge in [0.15, 0.2) is 0 Å². The molecule has 0 atom stereocenters. The Morgan fingerprint density at radius 2 is 1.39 bits per heavy atom. The molecule has 0 amide bonds. The van der Waals surface area contributed by atoms with Gasteiger partial charge in [-0.1, -0.05) is 12.1 Å². The van der Waals surface area contributed by atoms with Crippen molar-refractivity contribution in [3.63, 3.8) is 0 Å². The monoisotopic (exact) mass is 243 g/mol. The molecular formula is C15H17NO2. The van der Waals surface area contributed by atoms with Crippen molar-refractivity contribution in [2.75, 3.05) is 12.3 Å². The average Bonchev–Trinajstić information content (AvgIpc) is 2.40. The number of benzene rings is 2. The Labute approximate surface area is 107 Å². The molecule has 2 aromatic carbocycles. The summed E-state index contributed by atoms with van der Waals surface area (Å²) in [5.74, 6) is 1.70. The van der Waals surface area contributed by atoms with Crippen LogP contribution in [0.4, 0.5) is 5.69 Å². The van der Waals surface area contributed by atoms with Gasteiger partial charge in [0, 0.05) is 5.69 Å². The van der Waals surface area contributed by atoms with Gasteiger partial charge in [-0.25, -0.2) is 0 Å². The average molecular weight is 243 g/mol. The number of ether oxygens (including phenoxy) is 2. The van der Waals surface area contributed by atoms with E-state index in [1.54, 1.807) is 0 Å². The third-order valence-corrected chi connectivity index (χ3v) is 2.52. The van der Waals surface area contributed by atoms with Crippen molar-refractivity contribution >= 4 is 5.69 Å². The van der Waals surface area contributed by atoms with Gasteiger partial charge in [-0.05, 0) is 48.9 Å². The Morgan fingerprint density at radius 3 is 2.00 bits per heavy atom. The minimum atomic E-state index is 0.538. The van der Waals surface area contributed by atoms with Crippen LogP contribution in [0.25, 0.3) is 0 Å². The second-order valence-corrected chi connectivity index (χ2v) is 3.93. The third kappa shape index (κ3) is 3.42. The Morgan fingerprint density at radius 1 is 0.833 bits per heavy atom. The first-order valence-electron chi connectivity index (χ1n) is 5.98. The Hall–Kier alpha value is -2.16. The quantitative estimate of drug-likeness (QED) is 0.820. The van der Waals surface area contributed by atoms with Crippen LogP contribution in [0.2, 0.25) is 0 Å². The van der Waals surface area contributed by atoms with E-state index in [-0.39, 0.29) is 0 Å². The van der Waals surface area contributed by atoms with Crippen LogP contribution in [0.3, 0.4) is 0 Å². The maximum Gasteiger partial charge on any atom is 0.119 e. The smallest absolute Gasteiger partial charge is 0.119 e. The van der Waals surface area contributed by atoms with Gasteiger partial charge in [0.2, 0.25) is 0 Å². The summed E-state index contributed by atoms with van der Waals surface area (Å²) in [7, 11) is 0. The molecule has 0 aromatic heterocycles. The van der Waals surface area contributed by atoms with Crippen LogP contribution in [0.15, 0.2) is 48.5 Å². The second kappa shape index (κ2) is 5.96. The molecule has 2 aromatic rings. The number of hydrogen-bond acceptors (Lipinski definition) is 3. The zero-order valence-corrected chi connectivity index (χ0v) is 10.4. The van der Waals surface area contributed by atoms with Gasteiger partial charge >= 0.3 is 0 Å². The van der Waals surface area contributed by atoms with Crippen molar-refractivity contribution in [2.24, 2.45) is 0 Å². The highest BCUT2D eigenvalue weighted by molar-refractivity contribution is 5.41. The van der Waals surface area contributed by atoms with Gasteiger partial charge in [0.05, 0.1) is 6.61 Å². The predicted molar refractivity (Wildman–Crippen MR) is 72.8 cm³/mol. The lowest BCUT2D eigenvalue weighted by atomic mass is 10.2. The summed E-state index contributed by atoms with van der Waals surface area (Å²) in [6.45, 7) is 3.19. The summed E-state index contributed by atoms with van der Waals surface area (Å²) in [6, 6.07) is 15.3. The van der Waals surface area contributed by atoms with E-state index in [4.69, 9.17) is 15.2 Å². The lowest BCUT2D eigenvalue weighted by Gasteiger charge is -2.07. The molecule has 0 heterocycles. The minimum Gasteiger partial charge on any atom is -0.494 e. The van der Waals surface area contributed by atoms with Crippen LogP contribution < -0.4 is 15.2 Å². The normalized spacial score (nSPS) is 10.1. The standard InChI is InChI=1S/C15H17NO2/c1-2-17-14-7-3-12(4-8-14)11-18-15-9-5-13(16)6-10-15/h3-10H,2,11,16H2,1H3. The minimum absolute atomic E-state index is 0.538. The van der Waals surface area contributed by atoms with Gasteiger partial charge in [-0.3, -0.25) is 0 Å². The van der Waals surface area contributed by atoms with Crippen LogP contribution in [0, 0.1) is 0 Å². The first-order chi connectivity index (χ1) is 8.78. The molecule has 94 valence electrons. The van der Waals surface area contributed by atoms with E-state index in [9.17, 15) is 0 Å². The lowest BCUT2D eigenvalue weighted by molar-refractivity contribution is 0.305. The van der Waals surface area contributed by atoms with Crippen molar-refractivity contribution < 1.29 is 9.47 Å². The summed E-state index contributed by atoms with van der Waals surface area (Å²) < 4.78 is 11.0. The molecule has 0 saturated carbocycles. The van der Waals surface area contributed by atoms with Crippen molar-refractivity contribution in [2.45, 2.75) is 13.5 Å².